The molecule has 0 aliphatic heterocycles. The molecule has 0 aliphatic carbocycles. The number of hydrogen-bond acceptors (Lipinski definition) is 2. The highest BCUT2D eigenvalue weighted by molar-refractivity contribution is 5.80. The van der Waals surface area contributed by atoms with E-state index >= 15 is 0 Å². The van der Waals surface area contributed by atoms with Crippen LogP contribution in [0.5, 0.6) is 0 Å². The molecule has 0 bridgehead atoms. The molecule has 3 nitrogen and oxygen atoms in total. The predicted molar refractivity (Wildman–Crippen MR) is 62.8 cm³/mol. The van der Waals surface area contributed by atoms with E-state index in [0.717, 1.165) is 25.9 Å². The maximum atomic E-state index is 11.9. The summed E-state index contributed by atoms with van der Waals surface area (Å²) in [6.07, 6.45) is 1.93. The molecule has 0 saturated carbocycles. The van der Waals surface area contributed by atoms with Gasteiger partial charge in [0.05, 0.1) is 0 Å². The number of rotatable bonds is 7. The second-order valence-corrected chi connectivity index (χ2v) is 3.94. The molecule has 0 heterocycles. The molecule has 0 fully saturated rings. The fourth-order valence-electron chi connectivity index (χ4n) is 1.59. The molecule has 0 saturated heterocycles. The van der Waals surface area contributed by atoms with Crippen LogP contribution >= 0.6 is 0 Å². The van der Waals surface area contributed by atoms with Crippen LogP contribution in [0.15, 0.2) is 0 Å². The van der Waals surface area contributed by atoms with Crippen LogP contribution in [0, 0.1) is 5.92 Å². The zero-order chi connectivity index (χ0) is 11.8. The van der Waals surface area contributed by atoms with Crippen molar-refractivity contribution in [3.8, 4) is 0 Å². The Hall–Kier alpha value is -0.570. The maximum absolute atomic E-state index is 11.9. The third kappa shape index (κ3) is 4.65. The second kappa shape index (κ2) is 7.69. The summed E-state index contributed by atoms with van der Waals surface area (Å²) in [5.74, 6) is 0.713. The van der Waals surface area contributed by atoms with Crippen LogP contribution in [0.25, 0.3) is 0 Å². The van der Waals surface area contributed by atoms with Gasteiger partial charge in [-0.25, -0.2) is 0 Å². The standard InChI is InChI=1S/C12H25NO2/c1-6-11(7-2)9-13(8-3)12(14)10(4)15-5/h10-11H,6-9H2,1-5H3. The Morgan fingerprint density at radius 1 is 1.27 bits per heavy atom. The summed E-state index contributed by atoms with van der Waals surface area (Å²) < 4.78 is 5.05. The molecule has 0 radical (unpaired) electrons. The third-order valence-corrected chi connectivity index (χ3v) is 3.03. The summed E-state index contributed by atoms with van der Waals surface area (Å²) >= 11 is 0. The molecule has 0 spiro atoms. The van der Waals surface area contributed by atoms with Crippen molar-refractivity contribution in [3.05, 3.63) is 0 Å². The summed E-state index contributed by atoms with van der Waals surface area (Å²) in [6, 6.07) is 0. The zero-order valence-corrected chi connectivity index (χ0v) is 10.7. The fourth-order valence-corrected chi connectivity index (χ4v) is 1.59. The molecule has 0 aromatic carbocycles. The molecular weight excluding hydrogens is 190 g/mol. The highest BCUT2D eigenvalue weighted by Crippen LogP contribution is 2.11. The van der Waals surface area contributed by atoms with Gasteiger partial charge in [-0.05, 0) is 19.8 Å². The summed E-state index contributed by atoms with van der Waals surface area (Å²) in [5, 5.41) is 0. The predicted octanol–water partition coefficient (Wildman–Crippen LogP) is 2.31. The van der Waals surface area contributed by atoms with Crippen LogP contribution < -0.4 is 0 Å². The Morgan fingerprint density at radius 2 is 1.80 bits per heavy atom. The molecule has 15 heavy (non-hydrogen) atoms. The van der Waals surface area contributed by atoms with Gasteiger partial charge in [-0.15, -0.1) is 0 Å². The van der Waals surface area contributed by atoms with Gasteiger partial charge in [0.2, 0.25) is 0 Å². The average Bonchev–Trinajstić information content (AvgIpc) is 2.29. The number of carbonyl (C=O) groups excluding carboxylic acids is 1. The minimum Gasteiger partial charge on any atom is -0.372 e. The monoisotopic (exact) mass is 215 g/mol. The topological polar surface area (TPSA) is 29.5 Å². The van der Waals surface area contributed by atoms with Crippen molar-refractivity contribution in [1.82, 2.24) is 4.90 Å². The molecule has 0 aliphatic rings. The van der Waals surface area contributed by atoms with Crippen molar-refractivity contribution in [3.63, 3.8) is 0 Å². The highest BCUT2D eigenvalue weighted by Gasteiger charge is 2.20. The first-order valence-electron chi connectivity index (χ1n) is 5.92. The Bertz CT molecular complexity index is 178. The van der Waals surface area contributed by atoms with Crippen LogP contribution in [-0.4, -0.2) is 37.1 Å². The highest BCUT2D eigenvalue weighted by atomic mass is 16.5. The first-order chi connectivity index (χ1) is 7.10. The first kappa shape index (κ1) is 14.4. The first-order valence-corrected chi connectivity index (χ1v) is 5.92. The minimum atomic E-state index is -0.320. The van der Waals surface area contributed by atoms with Crippen LogP contribution in [0.1, 0.15) is 40.5 Å². The number of ether oxygens (including phenoxy) is 1. The molecule has 1 amide bonds. The van der Waals surface area contributed by atoms with E-state index < -0.39 is 0 Å². The Morgan fingerprint density at radius 3 is 2.13 bits per heavy atom. The van der Waals surface area contributed by atoms with E-state index in [1.165, 1.54) is 0 Å². The lowest BCUT2D eigenvalue weighted by Gasteiger charge is -2.27. The van der Waals surface area contributed by atoms with E-state index in [1.54, 1.807) is 14.0 Å². The molecular formula is C12H25NO2. The number of amides is 1. The van der Waals surface area contributed by atoms with E-state index in [4.69, 9.17) is 4.74 Å². The molecule has 3 heteroatoms. The van der Waals surface area contributed by atoms with Gasteiger partial charge in [-0.2, -0.15) is 0 Å². The third-order valence-electron chi connectivity index (χ3n) is 3.03. The van der Waals surface area contributed by atoms with Crippen LogP contribution in [0.2, 0.25) is 0 Å². The van der Waals surface area contributed by atoms with Crippen molar-refractivity contribution in [2.75, 3.05) is 20.2 Å². The van der Waals surface area contributed by atoms with Gasteiger partial charge in [-0.1, -0.05) is 26.7 Å². The van der Waals surface area contributed by atoms with E-state index in [9.17, 15) is 4.79 Å². The average molecular weight is 215 g/mol. The number of carbonyl (C=O) groups is 1. The summed E-state index contributed by atoms with van der Waals surface area (Å²) in [7, 11) is 1.58. The molecule has 90 valence electrons. The van der Waals surface area contributed by atoms with E-state index in [2.05, 4.69) is 13.8 Å². The van der Waals surface area contributed by atoms with Gasteiger partial charge in [-0.3, -0.25) is 4.79 Å². The lowest BCUT2D eigenvalue weighted by molar-refractivity contribution is -0.141. The fraction of sp³-hybridized carbons (Fsp3) is 0.917. The van der Waals surface area contributed by atoms with Crippen molar-refractivity contribution < 1.29 is 9.53 Å². The molecule has 0 aromatic rings. The number of methoxy groups -OCH3 is 1. The largest absolute Gasteiger partial charge is 0.372 e. The van der Waals surface area contributed by atoms with Crippen molar-refractivity contribution in [1.29, 1.82) is 0 Å². The quantitative estimate of drug-likeness (QED) is 0.652. The van der Waals surface area contributed by atoms with Crippen LogP contribution in [0.4, 0.5) is 0 Å². The smallest absolute Gasteiger partial charge is 0.251 e. The van der Waals surface area contributed by atoms with E-state index in [0.29, 0.717) is 5.92 Å². The minimum absolute atomic E-state index is 0.104. The zero-order valence-electron chi connectivity index (χ0n) is 10.7. The van der Waals surface area contributed by atoms with Crippen LogP contribution in [-0.2, 0) is 9.53 Å². The van der Waals surface area contributed by atoms with Crippen molar-refractivity contribution in [2.45, 2.75) is 46.6 Å². The number of hydrogen-bond donors (Lipinski definition) is 0. The van der Waals surface area contributed by atoms with E-state index in [1.807, 2.05) is 11.8 Å². The van der Waals surface area contributed by atoms with Gasteiger partial charge < -0.3 is 9.64 Å². The molecule has 0 rings (SSSR count). The molecule has 1 unspecified atom stereocenters. The number of likely N-dealkylation sites (N-methyl/N-ethyl adjacent to an activating group) is 1. The molecule has 0 aromatic heterocycles. The lowest BCUT2D eigenvalue weighted by Crippen LogP contribution is -2.41. The van der Waals surface area contributed by atoms with E-state index in [-0.39, 0.29) is 12.0 Å². The summed E-state index contributed by atoms with van der Waals surface area (Å²) in [4.78, 5) is 13.8. The Balaban J connectivity index is 4.28. The van der Waals surface area contributed by atoms with Gasteiger partial charge in [0, 0.05) is 20.2 Å². The van der Waals surface area contributed by atoms with Gasteiger partial charge in [0.1, 0.15) is 6.10 Å². The normalized spacial score (nSPS) is 12.9. The Kier molecular flexibility index (Phi) is 7.39. The lowest BCUT2D eigenvalue weighted by atomic mass is 10.0. The summed E-state index contributed by atoms with van der Waals surface area (Å²) in [5.41, 5.74) is 0. The second-order valence-electron chi connectivity index (χ2n) is 3.94. The maximum Gasteiger partial charge on any atom is 0.251 e. The van der Waals surface area contributed by atoms with Gasteiger partial charge in [0.25, 0.3) is 5.91 Å². The van der Waals surface area contributed by atoms with Crippen molar-refractivity contribution in [2.24, 2.45) is 5.92 Å². The molecule has 0 N–H and O–H groups in total. The SMILES string of the molecule is CCC(CC)CN(CC)C(=O)C(C)OC. The van der Waals surface area contributed by atoms with Crippen LogP contribution in [0.3, 0.4) is 0 Å². The Labute approximate surface area is 93.8 Å². The number of nitrogens with zero attached hydrogens (tertiary/aromatic N) is 1. The van der Waals surface area contributed by atoms with Gasteiger partial charge >= 0.3 is 0 Å². The summed E-state index contributed by atoms with van der Waals surface area (Å²) in [6.45, 7) is 9.79. The van der Waals surface area contributed by atoms with Crippen molar-refractivity contribution >= 4 is 5.91 Å². The molecule has 1 atom stereocenters. The van der Waals surface area contributed by atoms with Gasteiger partial charge in [0.15, 0.2) is 0 Å².